The Hall–Kier alpha value is -1.22. The summed E-state index contributed by atoms with van der Waals surface area (Å²) in [6.07, 6.45) is 6.63. The van der Waals surface area contributed by atoms with Crippen molar-refractivity contribution >= 4 is 5.69 Å². The summed E-state index contributed by atoms with van der Waals surface area (Å²) in [6.45, 7) is 3.52. The smallest absolute Gasteiger partial charge is 0.121 e. The second-order valence-electron chi connectivity index (χ2n) is 5.65. The summed E-state index contributed by atoms with van der Waals surface area (Å²) in [7, 11) is 1.69. The predicted octanol–water partition coefficient (Wildman–Crippen LogP) is 4.09. The van der Waals surface area contributed by atoms with E-state index in [1.165, 1.54) is 37.8 Å². The van der Waals surface area contributed by atoms with E-state index < -0.39 is 0 Å². The van der Waals surface area contributed by atoms with Gasteiger partial charge in [-0.25, -0.2) is 0 Å². The lowest BCUT2D eigenvalue weighted by molar-refractivity contribution is 0.146. The summed E-state index contributed by atoms with van der Waals surface area (Å²) in [4.78, 5) is 0. The van der Waals surface area contributed by atoms with Gasteiger partial charge in [-0.05, 0) is 30.9 Å². The molecular formula is C17H27NO2. The van der Waals surface area contributed by atoms with E-state index in [2.05, 4.69) is 24.4 Å². The van der Waals surface area contributed by atoms with Crippen molar-refractivity contribution in [2.75, 3.05) is 25.6 Å². The molecule has 112 valence electrons. The van der Waals surface area contributed by atoms with Crippen LogP contribution in [0.2, 0.25) is 0 Å². The predicted molar refractivity (Wildman–Crippen MR) is 83.5 cm³/mol. The van der Waals surface area contributed by atoms with E-state index >= 15 is 0 Å². The number of anilines is 1. The van der Waals surface area contributed by atoms with E-state index in [1.54, 1.807) is 7.11 Å². The van der Waals surface area contributed by atoms with E-state index in [4.69, 9.17) is 9.47 Å². The maximum atomic E-state index is 5.65. The second-order valence-corrected chi connectivity index (χ2v) is 5.65. The van der Waals surface area contributed by atoms with Crippen LogP contribution in [-0.2, 0) is 4.74 Å². The monoisotopic (exact) mass is 277 g/mol. The lowest BCUT2D eigenvalue weighted by Crippen LogP contribution is -2.27. The number of rotatable bonds is 7. The Labute approximate surface area is 122 Å². The Balaban J connectivity index is 1.87. The fourth-order valence-electron chi connectivity index (χ4n) is 2.95. The standard InChI is InChI=1S/C17H27NO2/c1-3-14-6-4-7-15(12-14)18-16-8-5-9-17(13-16)20-11-10-19-2/h5,8-9,13-15,18H,3-4,6-7,10-12H2,1-2H3. The van der Waals surface area contributed by atoms with Crippen molar-refractivity contribution in [2.24, 2.45) is 5.92 Å². The van der Waals surface area contributed by atoms with Gasteiger partial charge in [-0.15, -0.1) is 0 Å². The molecule has 0 aliphatic heterocycles. The Morgan fingerprint density at radius 2 is 2.15 bits per heavy atom. The highest BCUT2D eigenvalue weighted by Crippen LogP contribution is 2.29. The van der Waals surface area contributed by atoms with E-state index in [-0.39, 0.29) is 0 Å². The van der Waals surface area contributed by atoms with E-state index in [9.17, 15) is 0 Å². The van der Waals surface area contributed by atoms with Crippen molar-refractivity contribution in [1.29, 1.82) is 0 Å². The molecule has 1 N–H and O–H groups in total. The van der Waals surface area contributed by atoms with Crippen LogP contribution in [0, 0.1) is 5.92 Å². The van der Waals surface area contributed by atoms with Gasteiger partial charge in [-0.1, -0.05) is 32.3 Å². The molecular weight excluding hydrogens is 250 g/mol. The average Bonchev–Trinajstić information content (AvgIpc) is 2.48. The Kier molecular flexibility index (Phi) is 6.19. The van der Waals surface area contributed by atoms with Gasteiger partial charge >= 0.3 is 0 Å². The Morgan fingerprint density at radius 3 is 2.95 bits per heavy atom. The first-order valence-electron chi connectivity index (χ1n) is 7.80. The molecule has 0 saturated heterocycles. The van der Waals surface area contributed by atoms with Gasteiger partial charge in [0.2, 0.25) is 0 Å². The fraction of sp³-hybridized carbons (Fsp3) is 0.647. The molecule has 1 saturated carbocycles. The molecule has 1 aliphatic rings. The lowest BCUT2D eigenvalue weighted by atomic mass is 9.84. The minimum absolute atomic E-state index is 0.599. The van der Waals surface area contributed by atoms with Gasteiger partial charge in [-0.2, -0.15) is 0 Å². The first-order valence-corrected chi connectivity index (χ1v) is 7.80. The molecule has 0 heterocycles. The first-order chi connectivity index (χ1) is 9.81. The summed E-state index contributed by atoms with van der Waals surface area (Å²) < 4.78 is 10.7. The van der Waals surface area contributed by atoms with Crippen molar-refractivity contribution < 1.29 is 9.47 Å². The van der Waals surface area contributed by atoms with Crippen molar-refractivity contribution in [1.82, 2.24) is 0 Å². The van der Waals surface area contributed by atoms with Crippen LogP contribution in [0.5, 0.6) is 5.75 Å². The number of benzene rings is 1. The molecule has 1 aromatic rings. The summed E-state index contributed by atoms with van der Waals surface area (Å²) in [5, 5.41) is 3.66. The zero-order chi connectivity index (χ0) is 14.2. The molecule has 0 amide bonds. The largest absolute Gasteiger partial charge is 0.491 e. The van der Waals surface area contributed by atoms with Crippen molar-refractivity contribution in [2.45, 2.75) is 45.1 Å². The molecule has 0 spiro atoms. The van der Waals surface area contributed by atoms with Crippen LogP contribution >= 0.6 is 0 Å². The average molecular weight is 277 g/mol. The minimum Gasteiger partial charge on any atom is -0.491 e. The van der Waals surface area contributed by atoms with Crippen molar-refractivity contribution in [3.05, 3.63) is 24.3 Å². The summed E-state index contributed by atoms with van der Waals surface area (Å²) in [5.74, 6) is 1.80. The van der Waals surface area contributed by atoms with Crippen LogP contribution in [0.15, 0.2) is 24.3 Å². The quantitative estimate of drug-likeness (QED) is 0.761. The molecule has 1 fully saturated rings. The molecule has 2 unspecified atom stereocenters. The molecule has 2 rings (SSSR count). The summed E-state index contributed by atoms with van der Waals surface area (Å²) in [5.41, 5.74) is 1.17. The van der Waals surface area contributed by atoms with E-state index in [0.29, 0.717) is 19.3 Å². The van der Waals surface area contributed by atoms with Gasteiger partial charge in [0.15, 0.2) is 0 Å². The third kappa shape index (κ3) is 4.71. The van der Waals surface area contributed by atoms with Crippen molar-refractivity contribution in [3.8, 4) is 5.75 Å². The molecule has 0 bridgehead atoms. The van der Waals surface area contributed by atoms with Crippen LogP contribution in [0.4, 0.5) is 5.69 Å². The van der Waals surface area contributed by atoms with E-state index in [0.717, 1.165) is 11.7 Å². The summed E-state index contributed by atoms with van der Waals surface area (Å²) in [6, 6.07) is 8.87. The number of methoxy groups -OCH3 is 1. The normalized spacial score (nSPS) is 22.5. The van der Waals surface area contributed by atoms with Gasteiger partial charge in [0, 0.05) is 24.9 Å². The Bertz CT molecular complexity index is 394. The zero-order valence-corrected chi connectivity index (χ0v) is 12.7. The highest BCUT2D eigenvalue weighted by molar-refractivity contribution is 5.48. The van der Waals surface area contributed by atoms with E-state index in [1.807, 2.05) is 12.1 Å². The molecule has 3 nitrogen and oxygen atoms in total. The van der Waals surface area contributed by atoms with Gasteiger partial charge < -0.3 is 14.8 Å². The lowest BCUT2D eigenvalue weighted by Gasteiger charge is -2.30. The third-order valence-corrected chi connectivity index (χ3v) is 4.12. The molecule has 2 atom stereocenters. The van der Waals surface area contributed by atoms with Crippen LogP contribution in [0.1, 0.15) is 39.0 Å². The second kappa shape index (κ2) is 8.15. The Morgan fingerprint density at radius 1 is 1.25 bits per heavy atom. The molecule has 1 aromatic carbocycles. The highest BCUT2D eigenvalue weighted by atomic mass is 16.5. The van der Waals surface area contributed by atoms with Gasteiger partial charge in [-0.3, -0.25) is 0 Å². The number of hydrogen-bond donors (Lipinski definition) is 1. The number of hydrogen-bond acceptors (Lipinski definition) is 3. The molecule has 3 heteroatoms. The zero-order valence-electron chi connectivity index (χ0n) is 12.7. The SMILES string of the molecule is CCC1CCCC(Nc2cccc(OCCOC)c2)C1. The van der Waals surface area contributed by atoms with Gasteiger partial charge in [0.05, 0.1) is 6.61 Å². The summed E-state index contributed by atoms with van der Waals surface area (Å²) >= 11 is 0. The fourth-order valence-corrected chi connectivity index (χ4v) is 2.95. The van der Waals surface area contributed by atoms with Gasteiger partial charge in [0.1, 0.15) is 12.4 Å². The highest BCUT2D eigenvalue weighted by Gasteiger charge is 2.20. The van der Waals surface area contributed by atoms with Crippen LogP contribution in [-0.4, -0.2) is 26.4 Å². The maximum Gasteiger partial charge on any atom is 0.121 e. The number of ether oxygens (including phenoxy) is 2. The maximum absolute atomic E-state index is 5.65. The molecule has 1 aliphatic carbocycles. The van der Waals surface area contributed by atoms with Crippen LogP contribution in [0.3, 0.4) is 0 Å². The van der Waals surface area contributed by atoms with Crippen molar-refractivity contribution in [3.63, 3.8) is 0 Å². The topological polar surface area (TPSA) is 30.5 Å². The van der Waals surface area contributed by atoms with Crippen LogP contribution < -0.4 is 10.1 Å². The molecule has 20 heavy (non-hydrogen) atoms. The molecule has 0 aromatic heterocycles. The van der Waals surface area contributed by atoms with Gasteiger partial charge in [0.25, 0.3) is 0 Å². The number of nitrogens with one attached hydrogen (secondary N) is 1. The minimum atomic E-state index is 0.599. The molecule has 0 radical (unpaired) electrons. The first kappa shape index (κ1) is 15.2. The van der Waals surface area contributed by atoms with Crippen LogP contribution in [0.25, 0.3) is 0 Å². The third-order valence-electron chi connectivity index (χ3n) is 4.12.